The third kappa shape index (κ3) is 5.87. The molecule has 1 saturated carbocycles. The summed E-state index contributed by atoms with van der Waals surface area (Å²) in [5.41, 5.74) is 8.33. The molecule has 1 amide bonds. The van der Waals surface area contributed by atoms with Crippen molar-refractivity contribution in [3.05, 3.63) is 65.9 Å². The van der Waals surface area contributed by atoms with E-state index in [0.717, 1.165) is 49.0 Å². The minimum absolute atomic E-state index is 0.0920. The van der Waals surface area contributed by atoms with E-state index < -0.39 is 11.6 Å². The lowest BCUT2D eigenvalue weighted by Gasteiger charge is -2.26. The highest BCUT2D eigenvalue weighted by Gasteiger charge is 2.24. The minimum Gasteiger partial charge on any atom is -0.489 e. The molecule has 0 radical (unpaired) electrons. The number of hydrogen-bond acceptors (Lipinski definition) is 8. The van der Waals surface area contributed by atoms with Gasteiger partial charge in [0, 0.05) is 29.9 Å². The summed E-state index contributed by atoms with van der Waals surface area (Å²) in [5, 5.41) is 14.6. The third-order valence-corrected chi connectivity index (χ3v) is 7.39. The van der Waals surface area contributed by atoms with Crippen LogP contribution in [0.3, 0.4) is 0 Å². The second kappa shape index (κ2) is 11.6. The van der Waals surface area contributed by atoms with Gasteiger partial charge >= 0.3 is 0 Å². The normalized spacial score (nSPS) is 15.6. The van der Waals surface area contributed by atoms with Gasteiger partial charge in [-0.2, -0.15) is 9.07 Å². The molecule has 6 rings (SSSR count). The van der Waals surface area contributed by atoms with Crippen molar-refractivity contribution in [3.8, 4) is 34.0 Å². The summed E-state index contributed by atoms with van der Waals surface area (Å²) in [6, 6.07) is 11.8. The van der Waals surface area contributed by atoms with Gasteiger partial charge in [0.1, 0.15) is 18.1 Å². The number of aromatic nitrogens is 5. The number of rotatable bonds is 9. The summed E-state index contributed by atoms with van der Waals surface area (Å²) < 4.78 is 36.9. The van der Waals surface area contributed by atoms with Crippen molar-refractivity contribution in [2.45, 2.75) is 38.1 Å². The number of tetrazole rings is 1. The Labute approximate surface area is 235 Å². The van der Waals surface area contributed by atoms with Crippen LogP contribution >= 0.6 is 0 Å². The van der Waals surface area contributed by atoms with Crippen molar-refractivity contribution < 1.29 is 18.3 Å². The highest BCUT2D eigenvalue weighted by Crippen LogP contribution is 2.32. The molecular formula is C29H30F2N8O2. The molecule has 1 saturated heterocycles. The Morgan fingerprint density at radius 3 is 2.56 bits per heavy atom. The number of carbonyl (C=O) groups excluding carboxylic acids is 1. The SMILES string of the molecule is Nc1ncc(-c2ccc(C(=O)NC3CC3)cc2)cc1-c1nnnn1-c1ccc(OCCN2CCCCC2)c(F)c1F. The Morgan fingerprint density at radius 2 is 1.80 bits per heavy atom. The van der Waals surface area contributed by atoms with E-state index in [1.54, 1.807) is 36.5 Å². The van der Waals surface area contributed by atoms with Gasteiger partial charge in [-0.05, 0) is 85.1 Å². The van der Waals surface area contributed by atoms with Gasteiger partial charge in [0.25, 0.3) is 5.91 Å². The summed E-state index contributed by atoms with van der Waals surface area (Å²) in [6.07, 6.45) is 7.10. The topological polar surface area (TPSA) is 124 Å². The van der Waals surface area contributed by atoms with Crippen molar-refractivity contribution in [3.63, 3.8) is 0 Å². The Hall–Kier alpha value is -4.45. The van der Waals surface area contributed by atoms with E-state index in [1.807, 2.05) is 0 Å². The van der Waals surface area contributed by atoms with Gasteiger partial charge in [-0.15, -0.1) is 5.10 Å². The molecule has 0 spiro atoms. The zero-order chi connectivity index (χ0) is 28.3. The number of pyridine rings is 1. The lowest BCUT2D eigenvalue weighted by molar-refractivity contribution is 0.0951. The molecule has 212 valence electrons. The van der Waals surface area contributed by atoms with Crippen molar-refractivity contribution in [2.24, 2.45) is 0 Å². The molecule has 1 aliphatic heterocycles. The lowest BCUT2D eigenvalue weighted by Crippen LogP contribution is -2.33. The number of hydrogen-bond donors (Lipinski definition) is 2. The maximum atomic E-state index is 15.3. The van der Waals surface area contributed by atoms with Crippen LogP contribution in [-0.2, 0) is 0 Å². The van der Waals surface area contributed by atoms with Crippen LogP contribution in [0.4, 0.5) is 14.6 Å². The van der Waals surface area contributed by atoms with E-state index in [0.29, 0.717) is 23.2 Å². The standard InChI is InChI=1S/C29H30F2N8O2/c30-25-23(10-11-24(26(25)31)41-15-14-38-12-2-1-3-13-38)39-28(35-36-37-39)22-16-20(17-33-27(22)32)18-4-6-19(7-5-18)29(40)34-21-8-9-21/h4-7,10-11,16-17,21H,1-3,8-9,12-15H2,(H2,32,33)(H,34,40). The third-order valence-electron chi connectivity index (χ3n) is 7.39. The van der Waals surface area contributed by atoms with Gasteiger partial charge in [-0.3, -0.25) is 9.69 Å². The number of halogens is 2. The van der Waals surface area contributed by atoms with Crippen LogP contribution < -0.4 is 15.8 Å². The molecule has 2 aromatic carbocycles. The number of anilines is 1. The predicted molar refractivity (Wildman–Crippen MR) is 148 cm³/mol. The monoisotopic (exact) mass is 560 g/mol. The second-order valence-electron chi connectivity index (χ2n) is 10.4. The first kappa shape index (κ1) is 26.8. The highest BCUT2D eigenvalue weighted by molar-refractivity contribution is 5.95. The quantitative estimate of drug-likeness (QED) is 0.315. The van der Waals surface area contributed by atoms with E-state index in [4.69, 9.17) is 10.5 Å². The van der Waals surface area contributed by atoms with Crippen molar-refractivity contribution in [1.29, 1.82) is 0 Å². The van der Waals surface area contributed by atoms with E-state index >= 15 is 8.78 Å². The molecule has 10 nitrogen and oxygen atoms in total. The van der Waals surface area contributed by atoms with E-state index in [-0.39, 0.29) is 41.6 Å². The largest absolute Gasteiger partial charge is 0.489 e. The van der Waals surface area contributed by atoms with Crippen LogP contribution in [0.25, 0.3) is 28.2 Å². The highest BCUT2D eigenvalue weighted by atomic mass is 19.2. The summed E-state index contributed by atoms with van der Waals surface area (Å²) in [5.74, 6) is -2.33. The summed E-state index contributed by atoms with van der Waals surface area (Å²) in [4.78, 5) is 18.9. The Morgan fingerprint density at radius 1 is 1.02 bits per heavy atom. The summed E-state index contributed by atoms with van der Waals surface area (Å²) >= 11 is 0. The van der Waals surface area contributed by atoms with Gasteiger partial charge in [-0.1, -0.05) is 18.6 Å². The molecule has 1 aliphatic carbocycles. The summed E-state index contributed by atoms with van der Waals surface area (Å²) in [6.45, 7) is 2.89. The molecule has 2 aliphatic rings. The molecular weight excluding hydrogens is 530 g/mol. The van der Waals surface area contributed by atoms with Gasteiger partial charge < -0.3 is 15.8 Å². The van der Waals surface area contributed by atoms with Crippen LogP contribution in [0.15, 0.2) is 48.7 Å². The molecule has 0 bridgehead atoms. The van der Waals surface area contributed by atoms with E-state index in [1.165, 1.54) is 18.6 Å². The Kier molecular flexibility index (Phi) is 7.55. The number of nitrogen functional groups attached to an aromatic ring is 1. The molecule has 2 aromatic heterocycles. The van der Waals surface area contributed by atoms with E-state index in [2.05, 4.69) is 30.7 Å². The fourth-order valence-electron chi connectivity index (χ4n) is 4.90. The van der Waals surface area contributed by atoms with Gasteiger partial charge in [0.15, 0.2) is 17.4 Å². The molecule has 3 N–H and O–H groups in total. The number of carbonyl (C=O) groups is 1. The average Bonchev–Trinajstić information content (AvgIpc) is 3.68. The lowest BCUT2D eigenvalue weighted by atomic mass is 10.0. The first-order chi connectivity index (χ1) is 20.0. The van der Waals surface area contributed by atoms with Crippen LogP contribution in [0.2, 0.25) is 0 Å². The molecule has 0 atom stereocenters. The number of benzene rings is 2. The first-order valence-corrected chi connectivity index (χ1v) is 13.8. The van der Waals surface area contributed by atoms with Crippen molar-refractivity contribution in [2.75, 3.05) is 32.0 Å². The van der Waals surface area contributed by atoms with Crippen LogP contribution in [0.1, 0.15) is 42.5 Å². The minimum atomic E-state index is -1.14. The summed E-state index contributed by atoms with van der Waals surface area (Å²) in [7, 11) is 0. The maximum Gasteiger partial charge on any atom is 0.251 e. The van der Waals surface area contributed by atoms with Crippen LogP contribution in [-0.4, -0.2) is 68.3 Å². The first-order valence-electron chi connectivity index (χ1n) is 13.8. The Bertz CT molecular complexity index is 1550. The zero-order valence-corrected chi connectivity index (χ0v) is 22.4. The molecule has 41 heavy (non-hydrogen) atoms. The van der Waals surface area contributed by atoms with Crippen LogP contribution in [0, 0.1) is 11.6 Å². The second-order valence-corrected chi connectivity index (χ2v) is 10.4. The molecule has 4 aromatic rings. The number of nitrogens with two attached hydrogens (primary N) is 1. The average molecular weight is 561 g/mol. The number of amides is 1. The fourth-order valence-corrected chi connectivity index (χ4v) is 4.90. The number of piperidine rings is 1. The molecule has 3 heterocycles. The maximum absolute atomic E-state index is 15.3. The van der Waals surface area contributed by atoms with Crippen molar-refractivity contribution >= 4 is 11.7 Å². The van der Waals surface area contributed by atoms with Gasteiger partial charge in [-0.25, -0.2) is 9.37 Å². The fraction of sp³-hybridized carbons (Fsp3) is 0.345. The van der Waals surface area contributed by atoms with Crippen LogP contribution in [0.5, 0.6) is 5.75 Å². The van der Waals surface area contributed by atoms with E-state index in [9.17, 15) is 4.79 Å². The molecule has 0 unspecified atom stereocenters. The molecule has 2 fully saturated rings. The number of likely N-dealkylation sites (tertiary alicyclic amines) is 1. The van der Waals surface area contributed by atoms with Gasteiger partial charge in [0.05, 0.1) is 5.56 Å². The smallest absolute Gasteiger partial charge is 0.251 e. The number of nitrogens with zero attached hydrogens (tertiary/aromatic N) is 6. The number of ether oxygens (including phenoxy) is 1. The van der Waals surface area contributed by atoms with Crippen molar-refractivity contribution in [1.82, 2.24) is 35.4 Å². The Balaban J connectivity index is 1.22. The predicted octanol–water partition coefficient (Wildman–Crippen LogP) is 4.01. The van der Waals surface area contributed by atoms with Gasteiger partial charge in [0.2, 0.25) is 5.82 Å². The molecule has 12 heteroatoms. The number of nitrogens with one attached hydrogen (secondary N) is 1. The zero-order valence-electron chi connectivity index (χ0n) is 22.4.